The molecule has 1 saturated heterocycles. The molecule has 1 aliphatic heterocycles. The summed E-state index contributed by atoms with van der Waals surface area (Å²) >= 11 is 0. The molecule has 0 aromatic heterocycles. The van der Waals surface area contributed by atoms with E-state index in [4.69, 9.17) is 4.74 Å². The molecule has 7 nitrogen and oxygen atoms in total. The van der Waals surface area contributed by atoms with Crippen LogP contribution in [0.15, 0.2) is 71.6 Å². The molecular weight excluding hydrogens is 452 g/mol. The lowest BCUT2D eigenvalue weighted by molar-refractivity contribution is -0.123. The number of carbonyl (C=O) groups is 2. The number of piperidine rings is 1. The van der Waals surface area contributed by atoms with E-state index in [-0.39, 0.29) is 35.4 Å². The van der Waals surface area contributed by atoms with Crippen LogP contribution in [-0.2, 0) is 19.6 Å². The van der Waals surface area contributed by atoms with Gasteiger partial charge in [0.15, 0.2) is 0 Å². The number of rotatable bonds is 6. The lowest BCUT2D eigenvalue weighted by atomic mass is 9.95. The van der Waals surface area contributed by atoms with Gasteiger partial charge in [-0.2, -0.15) is 4.31 Å². The smallest absolute Gasteiger partial charge is 0.339 e. The summed E-state index contributed by atoms with van der Waals surface area (Å²) in [5.41, 5.74) is 0.879. The molecule has 0 bridgehead atoms. The first-order chi connectivity index (χ1) is 16.4. The van der Waals surface area contributed by atoms with Gasteiger partial charge in [0.2, 0.25) is 15.9 Å². The third-order valence-corrected chi connectivity index (χ3v) is 8.31. The van der Waals surface area contributed by atoms with E-state index in [1.807, 2.05) is 49.4 Å². The van der Waals surface area contributed by atoms with Crippen molar-refractivity contribution >= 4 is 38.4 Å². The van der Waals surface area contributed by atoms with Crippen molar-refractivity contribution in [1.82, 2.24) is 4.31 Å². The number of sulfonamides is 1. The lowest BCUT2D eigenvalue weighted by Crippen LogP contribution is -2.44. The van der Waals surface area contributed by atoms with Crippen LogP contribution in [0.25, 0.3) is 10.8 Å². The molecule has 0 atom stereocenters. The van der Waals surface area contributed by atoms with Gasteiger partial charge in [-0.05, 0) is 43.4 Å². The van der Waals surface area contributed by atoms with E-state index in [0.717, 1.165) is 16.5 Å². The van der Waals surface area contributed by atoms with Crippen LogP contribution in [-0.4, -0.2) is 51.3 Å². The molecular formula is C26H28N2O5S. The third-order valence-electron chi connectivity index (χ3n) is 6.35. The summed E-state index contributed by atoms with van der Waals surface area (Å²) in [6, 6.07) is 19.9. The Balaban J connectivity index is 1.52. The number of benzene rings is 3. The molecule has 3 aromatic carbocycles. The first kappa shape index (κ1) is 23.9. The fraction of sp³-hybridized carbons (Fsp3) is 0.308. The van der Waals surface area contributed by atoms with Crippen molar-refractivity contribution in [2.75, 3.05) is 31.6 Å². The molecule has 178 valence electrons. The van der Waals surface area contributed by atoms with Gasteiger partial charge in [0.1, 0.15) is 0 Å². The summed E-state index contributed by atoms with van der Waals surface area (Å²) in [7, 11) is -2.68. The zero-order valence-corrected chi connectivity index (χ0v) is 20.1. The molecule has 0 aliphatic carbocycles. The van der Waals surface area contributed by atoms with Gasteiger partial charge in [0.25, 0.3) is 0 Å². The third kappa shape index (κ3) is 4.43. The highest BCUT2D eigenvalue weighted by Gasteiger charge is 2.35. The number of carbonyl (C=O) groups excluding carboxylic acids is 2. The topological polar surface area (TPSA) is 84.0 Å². The summed E-state index contributed by atoms with van der Waals surface area (Å²) in [6.07, 6.45) is 0.833. The van der Waals surface area contributed by atoms with Crippen molar-refractivity contribution in [2.24, 2.45) is 5.92 Å². The van der Waals surface area contributed by atoms with E-state index in [1.165, 1.54) is 23.5 Å². The zero-order chi connectivity index (χ0) is 24.3. The minimum Gasteiger partial charge on any atom is -0.465 e. The highest BCUT2D eigenvalue weighted by molar-refractivity contribution is 7.89. The Morgan fingerprint density at radius 3 is 2.32 bits per heavy atom. The predicted octanol–water partition coefficient (Wildman–Crippen LogP) is 4.08. The Morgan fingerprint density at radius 1 is 0.971 bits per heavy atom. The van der Waals surface area contributed by atoms with Gasteiger partial charge in [-0.1, -0.05) is 48.5 Å². The van der Waals surface area contributed by atoms with Crippen molar-refractivity contribution in [3.8, 4) is 0 Å². The van der Waals surface area contributed by atoms with Crippen molar-refractivity contribution in [3.63, 3.8) is 0 Å². The molecule has 0 radical (unpaired) electrons. The number of anilines is 1. The van der Waals surface area contributed by atoms with Gasteiger partial charge in [-0.15, -0.1) is 0 Å². The van der Waals surface area contributed by atoms with Gasteiger partial charge in [-0.25, -0.2) is 13.2 Å². The number of methoxy groups -OCH3 is 1. The Morgan fingerprint density at radius 2 is 1.62 bits per heavy atom. The Bertz CT molecular complexity index is 1310. The molecule has 1 fully saturated rings. The number of amides is 1. The monoisotopic (exact) mass is 480 g/mol. The van der Waals surface area contributed by atoms with Crippen LogP contribution in [0.2, 0.25) is 0 Å². The van der Waals surface area contributed by atoms with Gasteiger partial charge in [0, 0.05) is 30.9 Å². The standard InChI is InChI=1S/C26H28N2O5S/c1-3-28(23-13-8-10-19-9-4-5-11-21(19)23)25(29)20-15-17-27(18-16-20)34(31,32)24-14-7-6-12-22(24)26(30)33-2/h4-14,20H,3,15-18H2,1-2H3. The minimum atomic E-state index is -3.90. The van der Waals surface area contributed by atoms with Crippen LogP contribution in [0, 0.1) is 5.92 Å². The molecule has 0 N–H and O–H groups in total. The molecule has 3 aromatic rings. The number of fused-ring (bicyclic) bond motifs is 1. The highest BCUT2D eigenvalue weighted by atomic mass is 32.2. The van der Waals surface area contributed by atoms with E-state index in [2.05, 4.69) is 0 Å². The molecule has 0 spiro atoms. The maximum absolute atomic E-state index is 13.5. The first-order valence-corrected chi connectivity index (χ1v) is 12.8. The molecule has 1 heterocycles. The summed E-state index contributed by atoms with van der Waals surface area (Å²) in [5, 5.41) is 2.08. The second-order valence-electron chi connectivity index (χ2n) is 8.25. The van der Waals surface area contributed by atoms with Gasteiger partial charge < -0.3 is 9.64 Å². The maximum Gasteiger partial charge on any atom is 0.339 e. The number of nitrogens with zero attached hydrogens (tertiary/aromatic N) is 2. The second-order valence-corrected chi connectivity index (χ2v) is 10.2. The fourth-order valence-corrected chi connectivity index (χ4v) is 6.21. The van der Waals surface area contributed by atoms with Crippen LogP contribution in [0.4, 0.5) is 5.69 Å². The van der Waals surface area contributed by atoms with Crippen molar-refractivity contribution in [3.05, 3.63) is 72.3 Å². The maximum atomic E-state index is 13.5. The predicted molar refractivity (Wildman–Crippen MR) is 131 cm³/mol. The van der Waals surface area contributed by atoms with Gasteiger partial charge >= 0.3 is 5.97 Å². The number of hydrogen-bond acceptors (Lipinski definition) is 5. The van der Waals surface area contributed by atoms with Crippen LogP contribution in [0.1, 0.15) is 30.1 Å². The minimum absolute atomic E-state index is 0.00543. The summed E-state index contributed by atoms with van der Waals surface area (Å²) in [4.78, 5) is 27.3. The largest absolute Gasteiger partial charge is 0.465 e. The summed E-state index contributed by atoms with van der Waals surface area (Å²) in [6.45, 7) is 2.89. The average molecular weight is 481 g/mol. The van der Waals surface area contributed by atoms with E-state index >= 15 is 0 Å². The van der Waals surface area contributed by atoms with E-state index in [0.29, 0.717) is 19.4 Å². The second kappa shape index (κ2) is 9.95. The normalized spacial score (nSPS) is 15.2. The van der Waals surface area contributed by atoms with E-state index < -0.39 is 16.0 Å². The van der Waals surface area contributed by atoms with Gasteiger partial charge in [-0.3, -0.25) is 4.79 Å². The highest BCUT2D eigenvalue weighted by Crippen LogP contribution is 2.31. The van der Waals surface area contributed by atoms with Crippen molar-refractivity contribution < 1.29 is 22.7 Å². The first-order valence-electron chi connectivity index (χ1n) is 11.3. The van der Waals surface area contributed by atoms with Crippen molar-refractivity contribution in [2.45, 2.75) is 24.7 Å². The number of esters is 1. The molecule has 8 heteroatoms. The van der Waals surface area contributed by atoms with Crippen LogP contribution in [0.5, 0.6) is 0 Å². The SMILES string of the molecule is CCN(C(=O)C1CCN(S(=O)(=O)c2ccccc2C(=O)OC)CC1)c1cccc2ccccc12. The molecule has 0 unspecified atom stereocenters. The zero-order valence-electron chi connectivity index (χ0n) is 19.3. The average Bonchev–Trinajstić information content (AvgIpc) is 2.88. The van der Waals surface area contributed by atoms with Crippen LogP contribution >= 0.6 is 0 Å². The molecule has 0 saturated carbocycles. The number of hydrogen-bond donors (Lipinski definition) is 0. The van der Waals surface area contributed by atoms with E-state index in [1.54, 1.807) is 17.0 Å². The van der Waals surface area contributed by atoms with Crippen LogP contribution < -0.4 is 4.90 Å². The molecule has 1 aliphatic rings. The quantitative estimate of drug-likeness (QED) is 0.497. The Labute approximate surface area is 200 Å². The molecule has 34 heavy (non-hydrogen) atoms. The molecule has 1 amide bonds. The van der Waals surface area contributed by atoms with Gasteiger partial charge in [0.05, 0.1) is 23.3 Å². The fourth-order valence-electron chi connectivity index (χ4n) is 4.56. The van der Waals surface area contributed by atoms with Crippen molar-refractivity contribution in [1.29, 1.82) is 0 Å². The van der Waals surface area contributed by atoms with Crippen LogP contribution in [0.3, 0.4) is 0 Å². The summed E-state index contributed by atoms with van der Waals surface area (Å²) < 4.78 is 32.7. The Kier molecular flexibility index (Phi) is 7.00. The summed E-state index contributed by atoms with van der Waals surface area (Å²) in [5.74, 6) is -0.968. The molecule has 4 rings (SSSR count). The Hall–Kier alpha value is -3.23. The number of ether oxygens (including phenoxy) is 1. The lowest BCUT2D eigenvalue weighted by Gasteiger charge is -2.34. The van der Waals surface area contributed by atoms with E-state index in [9.17, 15) is 18.0 Å².